The summed E-state index contributed by atoms with van der Waals surface area (Å²) in [6.07, 6.45) is 0. The van der Waals surface area contributed by atoms with Crippen molar-refractivity contribution < 1.29 is 9.59 Å². The second-order valence-electron chi connectivity index (χ2n) is 8.47. The maximum absolute atomic E-state index is 13.6. The Bertz CT molecular complexity index is 1430. The third-order valence-corrected chi connectivity index (χ3v) is 7.44. The van der Waals surface area contributed by atoms with E-state index in [1.54, 1.807) is 0 Å². The van der Waals surface area contributed by atoms with Gasteiger partial charge in [0.05, 0.1) is 28.3 Å². The minimum Gasteiger partial charge on any atom is -0.353 e. The number of halogens is 1. The standard InChI is InChI=1S/C29H25BrN4O2S/c1-18-8-6-7-11-24(18)34-28(36)26-19(2)32-29(23(16-31)27(26)20-9-4-3-5-10-20)37-17-25(35)33-22-14-12-21(30)13-15-22/h3-15,27,32H,17H2,1-2H3,(H,33,35)(H,34,36)/t27-/m1/s1. The third kappa shape index (κ3) is 6.31. The lowest BCUT2D eigenvalue weighted by Crippen LogP contribution is -2.31. The molecule has 0 saturated heterocycles. The number of anilines is 2. The molecule has 2 amide bonds. The molecule has 3 aromatic carbocycles. The molecule has 0 saturated carbocycles. The first kappa shape index (κ1) is 26.3. The SMILES string of the molecule is CC1=C(C(=O)Nc2ccccc2C)[C@H](c2ccccc2)C(C#N)=C(SCC(=O)Nc2ccc(Br)cc2)N1. The number of hydrogen-bond donors (Lipinski definition) is 3. The zero-order valence-electron chi connectivity index (χ0n) is 20.3. The van der Waals surface area contributed by atoms with Crippen LogP contribution in [0.5, 0.6) is 0 Å². The van der Waals surface area contributed by atoms with Gasteiger partial charge in [0.2, 0.25) is 5.91 Å². The second-order valence-corrected chi connectivity index (χ2v) is 10.4. The Hall–Kier alpha value is -3.80. The minimum atomic E-state index is -0.575. The molecule has 0 aromatic heterocycles. The first-order chi connectivity index (χ1) is 17.9. The summed E-state index contributed by atoms with van der Waals surface area (Å²) in [6, 6.07) is 26.7. The smallest absolute Gasteiger partial charge is 0.254 e. The molecule has 0 aliphatic carbocycles. The maximum Gasteiger partial charge on any atom is 0.254 e. The lowest BCUT2D eigenvalue weighted by molar-refractivity contribution is -0.114. The Labute approximate surface area is 229 Å². The molecule has 0 fully saturated rings. The van der Waals surface area contributed by atoms with Crippen LogP contribution in [0.1, 0.15) is 24.0 Å². The zero-order chi connectivity index (χ0) is 26.4. The predicted octanol–water partition coefficient (Wildman–Crippen LogP) is 6.46. The normalized spacial score (nSPS) is 15.0. The van der Waals surface area contributed by atoms with Gasteiger partial charge in [-0.3, -0.25) is 9.59 Å². The quantitative estimate of drug-likeness (QED) is 0.302. The molecule has 0 bridgehead atoms. The molecule has 0 radical (unpaired) electrons. The first-order valence-electron chi connectivity index (χ1n) is 11.6. The van der Waals surface area contributed by atoms with Gasteiger partial charge in [0.1, 0.15) is 0 Å². The van der Waals surface area contributed by atoms with Crippen LogP contribution >= 0.6 is 27.7 Å². The number of amides is 2. The average Bonchev–Trinajstić information content (AvgIpc) is 2.90. The van der Waals surface area contributed by atoms with Gasteiger partial charge >= 0.3 is 0 Å². The van der Waals surface area contributed by atoms with E-state index in [4.69, 9.17) is 0 Å². The highest BCUT2D eigenvalue weighted by Gasteiger charge is 2.34. The number of aryl methyl sites for hydroxylation is 1. The van der Waals surface area contributed by atoms with E-state index in [0.29, 0.717) is 33.2 Å². The van der Waals surface area contributed by atoms with Crippen LogP contribution < -0.4 is 16.0 Å². The van der Waals surface area contributed by atoms with Crippen LogP contribution in [0, 0.1) is 18.3 Å². The molecule has 0 unspecified atom stereocenters. The summed E-state index contributed by atoms with van der Waals surface area (Å²) in [5, 5.41) is 19.9. The van der Waals surface area contributed by atoms with Gasteiger partial charge in [-0.25, -0.2) is 0 Å². The van der Waals surface area contributed by atoms with Gasteiger partial charge in [-0.2, -0.15) is 5.26 Å². The molecule has 1 heterocycles. The van der Waals surface area contributed by atoms with Crippen LogP contribution in [0.15, 0.2) is 105 Å². The number of para-hydroxylation sites is 1. The molecule has 6 nitrogen and oxygen atoms in total. The summed E-state index contributed by atoms with van der Waals surface area (Å²) in [5.74, 6) is -0.949. The number of nitrogens with zero attached hydrogens (tertiary/aromatic N) is 1. The highest BCUT2D eigenvalue weighted by atomic mass is 79.9. The number of nitrogens with one attached hydrogen (secondary N) is 3. The van der Waals surface area contributed by atoms with Gasteiger partial charge in [0.15, 0.2) is 0 Å². The molecule has 1 aliphatic heterocycles. The molecular weight excluding hydrogens is 548 g/mol. The number of dihydropyridines is 1. The fourth-order valence-electron chi connectivity index (χ4n) is 4.08. The summed E-state index contributed by atoms with van der Waals surface area (Å²) in [4.78, 5) is 26.2. The zero-order valence-corrected chi connectivity index (χ0v) is 22.7. The second kappa shape index (κ2) is 12.0. The van der Waals surface area contributed by atoms with Crippen molar-refractivity contribution in [1.29, 1.82) is 5.26 Å². The van der Waals surface area contributed by atoms with Crippen molar-refractivity contribution >= 4 is 50.9 Å². The van der Waals surface area contributed by atoms with Crippen molar-refractivity contribution in [1.82, 2.24) is 5.32 Å². The lowest BCUT2D eigenvalue weighted by Gasteiger charge is -2.30. The number of carbonyl (C=O) groups excluding carboxylic acids is 2. The molecular formula is C29H25BrN4O2S. The number of rotatable bonds is 7. The minimum absolute atomic E-state index is 0.100. The van der Waals surface area contributed by atoms with E-state index in [-0.39, 0.29) is 17.6 Å². The van der Waals surface area contributed by atoms with Crippen LogP contribution in [-0.4, -0.2) is 17.6 Å². The molecule has 3 N–H and O–H groups in total. The van der Waals surface area contributed by atoms with E-state index >= 15 is 0 Å². The van der Waals surface area contributed by atoms with E-state index in [1.165, 1.54) is 11.8 Å². The fraction of sp³-hybridized carbons (Fsp3) is 0.138. The van der Waals surface area contributed by atoms with Gasteiger partial charge < -0.3 is 16.0 Å². The molecule has 1 atom stereocenters. The van der Waals surface area contributed by atoms with Crippen molar-refractivity contribution in [3.63, 3.8) is 0 Å². The van der Waals surface area contributed by atoms with Crippen LogP contribution in [-0.2, 0) is 9.59 Å². The summed E-state index contributed by atoms with van der Waals surface area (Å²) in [6.45, 7) is 3.75. The Morgan fingerprint density at radius 3 is 2.32 bits per heavy atom. The molecule has 4 rings (SSSR count). The van der Waals surface area contributed by atoms with Crippen molar-refractivity contribution in [2.24, 2.45) is 0 Å². The van der Waals surface area contributed by atoms with Crippen molar-refractivity contribution in [2.45, 2.75) is 19.8 Å². The summed E-state index contributed by atoms with van der Waals surface area (Å²) in [5.41, 5.74) is 4.67. The predicted molar refractivity (Wildman–Crippen MR) is 153 cm³/mol. The topological polar surface area (TPSA) is 94.0 Å². The maximum atomic E-state index is 13.6. The Balaban J connectivity index is 1.61. The molecule has 186 valence electrons. The van der Waals surface area contributed by atoms with Crippen LogP contribution in [0.4, 0.5) is 11.4 Å². The van der Waals surface area contributed by atoms with E-state index < -0.39 is 5.92 Å². The van der Waals surface area contributed by atoms with E-state index in [2.05, 4.69) is 37.9 Å². The average molecular weight is 574 g/mol. The van der Waals surface area contributed by atoms with Gasteiger partial charge in [0.25, 0.3) is 5.91 Å². The number of carbonyl (C=O) groups is 2. The molecule has 8 heteroatoms. The van der Waals surface area contributed by atoms with Crippen LogP contribution in [0.3, 0.4) is 0 Å². The highest BCUT2D eigenvalue weighted by molar-refractivity contribution is 9.10. The highest BCUT2D eigenvalue weighted by Crippen LogP contribution is 2.41. The largest absolute Gasteiger partial charge is 0.353 e. The fourth-order valence-corrected chi connectivity index (χ4v) is 5.23. The Morgan fingerprint density at radius 2 is 1.65 bits per heavy atom. The summed E-state index contributed by atoms with van der Waals surface area (Å²) >= 11 is 4.62. The molecule has 0 spiro atoms. The monoisotopic (exact) mass is 572 g/mol. The van der Waals surface area contributed by atoms with E-state index in [1.807, 2.05) is 92.7 Å². The lowest BCUT2D eigenvalue weighted by atomic mass is 9.82. The van der Waals surface area contributed by atoms with Crippen molar-refractivity contribution in [3.05, 3.63) is 116 Å². The van der Waals surface area contributed by atoms with Crippen molar-refractivity contribution in [3.8, 4) is 6.07 Å². The van der Waals surface area contributed by atoms with Gasteiger partial charge in [-0.15, -0.1) is 0 Å². The number of allylic oxidation sites excluding steroid dienone is 2. The third-order valence-electron chi connectivity index (χ3n) is 5.89. The molecule has 1 aliphatic rings. The van der Waals surface area contributed by atoms with E-state index in [0.717, 1.165) is 15.6 Å². The number of nitriles is 1. The van der Waals surface area contributed by atoms with Gasteiger partial charge in [-0.05, 0) is 55.3 Å². The molecule has 37 heavy (non-hydrogen) atoms. The first-order valence-corrected chi connectivity index (χ1v) is 13.4. The van der Waals surface area contributed by atoms with Crippen LogP contribution in [0.25, 0.3) is 0 Å². The molecule has 3 aromatic rings. The Kier molecular flexibility index (Phi) is 8.49. The number of thioether (sulfide) groups is 1. The van der Waals surface area contributed by atoms with Gasteiger partial charge in [0, 0.05) is 27.1 Å². The van der Waals surface area contributed by atoms with E-state index in [9.17, 15) is 14.9 Å². The number of benzene rings is 3. The number of hydrogen-bond acceptors (Lipinski definition) is 5. The van der Waals surface area contributed by atoms with Crippen molar-refractivity contribution in [2.75, 3.05) is 16.4 Å². The van der Waals surface area contributed by atoms with Crippen LogP contribution in [0.2, 0.25) is 0 Å². The summed E-state index contributed by atoms with van der Waals surface area (Å²) < 4.78 is 0.923. The summed E-state index contributed by atoms with van der Waals surface area (Å²) in [7, 11) is 0. The van der Waals surface area contributed by atoms with Gasteiger partial charge in [-0.1, -0.05) is 76.2 Å². The Morgan fingerprint density at radius 1 is 0.973 bits per heavy atom.